The summed E-state index contributed by atoms with van der Waals surface area (Å²) in [5.74, 6) is -0.312. The predicted octanol–water partition coefficient (Wildman–Crippen LogP) is 2.06. The molecule has 1 atom stereocenters. The summed E-state index contributed by atoms with van der Waals surface area (Å²) < 4.78 is 6.46. The van der Waals surface area contributed by atoms with Crippen molar-refractivity contribution in [2.45, 2.75) is 19.5 Å². The molecule has 1 N–H and O–H groups in total. The molecule has 0 saturated carbocycles. The lowest BCUT2D eigenvalue weighted by Gasteiger charge is -2.12. The van der Waals surface area contributed by atoms with Crippen LogP contribution in [0.15, 0.2) is 36.7 Å². The molecule has 5 nitrogen and oxygen atoms in total. The zero-order valence-electron chi connectivity index (χ0n) is 12.0. The van der Waals surface area contributed by atoms with Crippen LogP contribution in [0.5, 0.6) is 0 Å². The van der Waals surface area contributed by atoms with Gasteiger partial charge in [0.2, 0.25) is 0 Å². The van der Waals surface area contributed by atoms with E-state index in [2.05, 4.69) is 22.1 Å². The number of nitrogens with zero attached hydrogens (tertiary/aromatic N) is 2. The quantitative estimate of drug-likeness (QED) is 0.847. The molecule has 0 radical (unpaired) electrons. The van der Waals surface area contributed by atoms with Crippen molar-refractivity contribution < 1.29 is 9.53 Å². The highest BCUT2D eigenvalue weighted by molar-refractivity contribution is 5.89. The zero-order valence-corrected chi connectivity index (χ0v) is 12.0. The van der Waals surface area contributed by atoms with Crippen LogP contribution in [0.4, 0.5) is 0 Å². The number of nitrogens with one attached hydrogen (secondary N) is 1. The van der Waals surface area contributed by atoms with Gasteiger partial charge in [-0.25, -0.2) is 4.79 Å². The van der Waals surface area contributed by atoms with Crippen molar-refractivity contribution in [3.8, 4) is 0 Å². The number of hydrogen-bond acceptors (Lipinski definition) is 4. The molecule has 20 heavy (non-hydrogen) atoms. The molecule has 0 fully saturated rings. The lowest BCUT2D eigenvalue weighted by Crippen LogP contribution is -2.17. The molecule has 1 aromatic carbocycles. The minimum Gasteiger partial charge on any atom is -0.465 e. The van der Waals surface area contributed by atoms with Crippen LogP contribution in [-0.2, 0) is 18.3 Å². The fraction of sp³-hybridized carbons (Fsp3) is 0.333. The van der Waals surface area contributed by atoms with Gasteiger partial charge in [0.05, 0.1) is 18.9 Å². The number of carbonyl (C=O) groups is 1. The first-order valence-corrected chi connectivity index (χ1v) is 6.49. The second-order valence-electron chi connectivity index (χ2n) is 4.74. The first kappa shape index (κ1) is 14.3. The first-order valence-electron chi connectivity index (χ1n) is 6.49. The lowest BCUT2D eigenvalue weighted by molar-refractivity contribution is 0.0600. The van der Waals surface area contributed by atoms with Gasteiger partial charge in [-0.3, -0.25) is 4.68 Å². The summed E-state index contributed by atoms with van der Waals surface area (Å²) in [6, 6.07) is 7.63. The normalized spacial score (nSPS) is 12.2. The van der Waals surface area contributed by atoms with E-state index in [1.165, 1.54) is 7.11 Å². The molecule has 0 aliphatic carbocycles. The molecule has 0 amide bonds. The molecule has 0 bridgehead atoms. The highest BCUT2D eigenvalue weighted by Crippen LogP contribution is 2.12. The molecular formula is C15H19N3O2. The fourth-order valence-corrected chi connectivity index (χ4v) is 1.93. The van der Waals surface area contributed by atoms with Crippen LogP contribution >= 0.6 is 0 Å². The number of aromatic nitrogens is 2. The highest BCUT2D eigenvalue weighted by Gasteiger charge is 2.08. The third-order valence-electron chi connectivity index (χ3n) is 3.21. The smallest absolute Gasteiger partial charge is 0.337 e. The van der Waals surface area contributed by atoms with Gasteiger partial charge in [-0.1, -0.05) is 12.1 Å². The van der Waals surface area contributed by atoms with E-state index in [1.807, 2.05) is 31.6 Å². The summed E-state index contributed by atoms with van der Waals surface area (Å²) in [6.45, 7) is 2.83. The number of carbonyl (C=O) groups excluding carboxylic acids is 1. The van der Waals surface area contributed by atoms with E-state index in [9.17, 15) is 4.79 Å². The highest BCUT2D eigenvalue weighted by atomic mass is 16.5. The van der Waals surface area contributed by atoms with Gasteiger partial charge in [0.1, 0.15) is 0 Å². The predicted molar refractivity (Wildman–Crippen MR) is 76.2 cm³/mol. The molecule has 2 aromatic rings. The molecule has 2 rings (SSSR count). The zero-order chi connectivity index (χ0) is 14.5. The molecule has 0 aliphatic heterocycles. The Morgan fingerprint density at radius 1 is 1.40 bits per heavy atom. The van der Waals surface area contributed by atoms with Crippen LogP contribution in [0.2, 0.25) is 0 Å². The molecule has 106 valence electrons. The van der Waals surface area contributed by atoms with Crippen LogP contribution in [0.3, 0.4) is 0 Å². The third-order valence-corrected chi connectivity index (χ3v) is 3.21. The molecule has 0 spiro atoms. The van der Waals surface area contributed by atoms with Crippen molar-refractivity contribution in [3.63, 3.8) is 0 Å². The Hall–Kier alpha value is -2.14. The van der Waals surface area contributed by atoms with Gasteiger partial charge in [0.15, 0.2) is 0 Å². The number of esters is 1. The Morgan fingerprint density at radius 2 is 2.10 bits per heavy atom. The van der Waals surface area contributed by atoms with Crippen LogP contribution in [0.1, 0.15) is 34.5 Å². The molecule has 0 saturated heterocycles. The summed E-state index contributed by atoms with van der Waals surface area (Å²) in [5.41, 5.74) is 2.84. The van der Waals surface area contributed by atoms with Crippen LogP contribution in [-0.4, -0.2) is 22.9 Å². The van der Waals surface area contributed by atoms with Gasteiger partial charge in [-0.2, -0.15) is 5.10 Å². The van der Waals surface area contributed by atoms with E-state index in [-0.39, 0.29) is 12.0 Å². The van der Waals surface area contributed by atoms with Crippen molar-refractivity contribution in [1.82, 2.24) is 15.1 Å². The number of aryl methyl sites for hydroxylation is 1. The number of hydrogen-bond donors (Lipinski definition) is 1. The number of benzene rings is 1. The third kappa shape index (κ3) is 3.45. The van der Waals surface area contributed by atoms with Crippen molar-refractivity contribution in [1.29, 1.82) is 0 Å². The van der Waals surface area contributed by atoms with E-state index >= 15 is 0 Å². The van der Waals surface area contributed by atoms with Crippen LogP contribution in [0, 0.1) is 0 Å². The van der Waals surface area contributed by atoms with Crippen molar-refractivity contribution in [3.05, 3.63) is 53.3 Å². The monoisotopic (exact) mass is 273 g/mol. The first-order chi connectivity index (χ1) is 9.60. The number of methoxy groups -OCH3 is 1. The SMILES string of the molecule is COC(=O)c1ccc(CNC(C)c2cnn(C)c2)cc1. The molecule has 5 heteroatoms. The minimum absolute atomic E-state index is 0.226. The Balaban J connectivity index is 1.92. The average Bonchev–Trinajstić information content (AvgIpc) is 2.91. The van der Waals surface area contributed by atoms with E-state index < -0.39 is 0 Å². The van der Waals surface area contributed by atoms with Crippen LogP contribution in [0.25, 0.3) is 0 Å². The van der Waals surface area contributed by atoms with E-state index in [0.717, 1.165) is 17.7 Å². The topological polar surface area (TPSA) is 56.1 Å². The summed E-state index contributed by atoms with van der Waals surface area (Å²) in [5, 5.41) is 7.58. The molecule has 1 aromatic heterocycles. The Morgan fingerprint density at radius 3 is 2.65 bits per heavy atom. The lowest BCUT2D eigenvalue weighted by atomic mass is 10.1. The second kappa shape index (κ2) is 6.34. The Bertz CT molecular complexity index is 575. The van der Waals surface area contributed by atoms with E-state index in [1.54, 1.807) is 16.8 Å². The summed E-state index contributed by atoms with van der Waals surface area (Å²) in [6.07, 6.45) is 3.86. The molecular weight excluding hydrogens is 254 g/mol. The maximum absolute atomic E-state index is 11.3. The van der Waals surface area contributed by atoms with Crippen molar-refractivity contribution >= 4 is 5.97 Å². The maximum Gasteiger partial charge on any atom is 0.337 e. The fourth-order valence-electron chi connectivity index (χ4n) is 1.93. The Labute approximate surface area is 118 Å². The van der Waals surface area contributed by atoms with Gasteiger partial charge in [-0.05, 0) is 24.6 Å². The van der Waals surface area contributed by atoms with E-state index in [0.29, 0.717) is 5.56 Å². The van der Waals surface area contributed by atoms with Gasteiger partial charge < -0.3 is 10.1 Å². The summed E-state index contributed by atoms with van der Waals surface area (Å²) in [4.78, 5) is 11.3. The second-order valence-corrected chi connectivity index (χ2v) is 4.74. The van der Waals surface area contributed by atoms with Gasteiger partial charge in [-0.15, -0.1) is 0 Å². The number of ether oxygens (including phenoxy) is 1. The van der Waals surface area contributed by atoms with Gasteiger partial charge in [0, 0.05) is 31.4 Å². The van der Waals surface area contributed by atoms with Crippen molar-refractivity contribution in [2.75, 3.05) is 7.11 Å². The maximum atomic E-state index is 11.3. The number of rotatable bonds is 5. The van der Waals surface area contributed by atoms with Crippen LogP contribution < -0.4 is 5.32 Å². The summed E-state index contributed by atoms with van der Waals surface area (Å²) >= 11 is 0. The van der Waals surface area contributed by atoms with E-state index in [4.69, 9.17) is 0 Å². The van der Waals surface area contributed by atoms with Crippen molar-refractivity contribution in [2.24, 2.45) is 7.05 Å². The average molecular weight is 273 g/mol. The van der Waals surface area contributed by atoms with Gasteiger partial charge in [0.25, 0.3) is 0 Å². The minimum atomic E-state index is -0.312. The van der Waals surface area contributed by atoms with Gasteiger partial charge >= 0.3 is 5.97 Å². The summed E-state index contributed by atoms with van der Waals surface area (Å²) in [7, 11) is 3.29. The standard InChI is InChI=1S/C15H19N3O2/c1-11(14-9-17-18(2)10-14)16-8-12-4-6-13(7-5-12)15(19)20-3/h4-7,9-11,16H,8H2,1-3H3. The largest absolute Gasteiger partial charge is 0.465 e. The Kier molecular flexibility index (Phi) is 4.53. The molecule has 1 heterocycles. The molecule has 1 unspecified atom stereocenters. The molecule has 0 aliphatic rings.